The number of carbonyl (C=O) groups is 2. The number of rotatable bonds is 4. The van der Waals surface area contributed by atoms with Gasteiger partial charge in [0.2, 0.25) is 0 Å². The number of nitrogens with one attached hydrogen (secondary N) is 1. The van der Waals surface area contributed by atoms with Crippen LogP contribution in [0.4, 0.5) is 10.5 Å². The largest absolute Gasteiger partial charge is 0.444 e. The van der Waals surface area contributed by atoms with E-state index in [9.17, 15) is 9.59 Å². The standard InChI is InChI=1S/C20H28N2O4.H2/c1-12(2)17(23)16-15(22-18(24)26-19(3,4)5)6-13(9-21-16)14-7-20(8-14)10-25-11-20;/h6,9,12,14H,7-8,10-11H2,1-5H3,(H,22,24);1H. The van der Waals surface area contributed by atoms with Gasteiger partial charge in [0.25, 0.3) is 0 Å². The summed E-state index contributed by atoms with van der Waals surface area (Å²) in [6, 6.07) is 1.88. The summed E-state index contributed by atoms with van der Waals surface area (Å²) in [4.78, 5) is 29.1. The van der Waals surface area contributed by atoms with Crippen LogP contribution in [-0.4, -0.2) is 35.7 Å². The Morgan fingerprint density at radius 3 is 2.50 bits per heavy atom. The van der Waals surface area contributed by atoms with Crippen LogP contribution in [0, 0.1) is 11.3 Å². The molecule has 1 aromatic rings. The molecule has 0 radical (unpaired) electrons. The van der Waals surface area contributed by atoms with E-state index in [1.165, 1.54) is 0 Å². The molecule has 2 fully saturated rings. The van der Waals surface area contributed by atoms with Crippen molar-refractivity contribution in [2.24, 2.45) is 11.3 Å². The summed E-state index contributed by atoms with van der Waals surface area (Å²) in [7, 11) is 0. The SMILES string of the molecule is CC(C)C(=O)c1ncc(C2CC3(COC3)C2)cc1NC(=O)OC(C)(C)C.[HH]. The van der Waals surface area contributed by atoms with E-state index in [0.29, 0.717) is 17.0 Å². The number of ether oxygens (including phenoxy) is 2. The number of anilines is 1. The lowest BCUT2D eigenvalue weighted by Gasteiger charge is -2.53. The first-order chi connectivity index (χ1) is 12.1. The molecule has 6 nitrogen and oxygen atoms in total. The third-order valence-electron chi connectivity index (χ3n) is 4.95. The van der Waals surface area contributed by atoms with Crippen molar-refractivity contribution in [2.45, 2.75) is 59.0 Å². The van der Waals surface area contributed by atoms with Crippen LogP contribution in [0.3, 0.4) is 0 Å². The maximum absolute atomic E-state index is 12.5. The van der Waals surface area contributed by atoms with Gasteiger partial charge in [-0.3, -0.25) is 15.1 Å². The van der Waals surface area contributed by atoms with Gasteiger partial charge in [-0.15, -0.1) is 0 Å². The van der Waals surface area contributed by atoms with Crippen molar-refractivity contribution in [3.63, 3.8) is 0 Å². The number of pyridine rings is 1. The van der Waals surface area contributed by atoms with E-state index in [-0.39, 0.29) is 18.8 Å². The topological polar surface area (TPSA) is 77.5 Å². The molecule has 0 bridgehead atoms. The summed E-state index contributed by atoms with van der Waals surface area (Å²) in [6.45, 7) is 10.7. The van der Waals surface area contributed by atoms with Gasteiger partial charge in [-0.2, -0.15) is 0 Å². The van der Waals surface area contributed by atoms with Crippen molar-refractivity contribution < 1.29 is 20.5 Å². The van der Waals surface area contributed by atoms with Crippen LogP contribution in [0.15, 0.2) is 12.3 Å². The highest BCUT2D eigenvalue weighted by atomic mass is 16.6. The normalized spacial score (nSPS) is 19.0. The third-order valence-corrected chi connectivity index (χ3v) is 4.95. The van der Waals surface area contributed by atoms with E-state index in [1.54, 1.807) is 27.0 Å². The van der Waals surface area contributed by atoms with Gasteiger partial charge in [-0.05, 0) is 51.2 Å². The molecule has 2 aliphatic rings. The van der Waals surface area contributed by atoms with Crippen LogP contribution in [0.1, 0.15) is 70.9 Å². The lowest BCUT2D eigenvalue weighted by Crippen LogP contribution is -2.51. The number of aromatic nitrogens is 1. The average molecular weight is 362 g/mol. The summed E-state index contributed by atoms with van der Waals surface area (Å²) in [5.74, 6) is 0.0977. The molecule has 1 amide bonds. The van der Waals surface area contributed by atoms with Crippen molar-refractivity contribution in [1.29, 1.82) is 0 Å². The highest BCUT2D eigenvalue weighted by Gasteiger charge is 2.50. The number of Topliss-reactive ketones (excluding diaryl/α,β-unsaturated/α-hetero) is 1. The van der Waals surface area contributed by atoms with Gasteiger partial charge >= 0.3 is 6.09 Å². The molecule has 6 heteroatoms. The second-order valence-electron chi connectivity index (χ2n) is 8.91. The lowest BCUT2D eigenvalue weighted by atomic mass is 9.59. The molecule has 1 saturated heterocycles. The lowest BCUT2D eigenvalue weighted by molar-refractivity contribution is -0.164. The van der Waals surface area contributed by atoms with Crippen molar-refractivity contribution in [3.8, 4) is 0 Å². The zero-order valence-corrected chi connectivity index (χ0v) is 16.2. The van der Waals surface area contributed by atoms with Gasteiger partial charge in [-0.1, -0.05) is 13.8 Å². The van der Waals surface area contributed by atoms with Gasteiger partial charge in [0.15, 0.2) is 5.78 Å². The number of hydrogen-bond acceptors (Lipinski definition) is 5. The number of amides is 1. The van der Waals surface area contributed by atoms with Gasteiger partial charge in [0, 0.05) is 19.0 Å². The third kappa shape index (κ3) is 3.90. The average Bonchev–Trinajstić information content (AvgIpc) is 2.41. The van der Waals surface area contributed by atoms with E-state index in [2.05, 4.69) is 10.3 Å². The Morgan fingerprint density at radius 2 is 2.00 bits per heavy atom. The first-order valence-electron chi connectivity index (χ1n) is 9.20. The summed E-state index contributed by atoms with van der Waals surface area (Å²) >= 11 is 0. The molecule has 1 aliphatic heterocycles. The van der Waals surface area contributed by atoms with Crippen LogP contribution < -0.4 is 5.32 Å². The Bertz CT molecular complexity index is 715. The summed E-state index contributed by atoms with van der Waals surface area (Å²) < 4.78 is 10.7. The molecule has 1 aliphatic carbocycles. The fraction of sp³-hybridized carbons (Fsp3) is 0.650. The monoisotopic (exact) mass is 362 g/mol. The van der Waals surface area contributed by atoms with Gasteiger partial charge in [0.1, 0.15) is 11.3 Å². The smallest absolute Gasteiger partial charge is 0.412 e. The Labute approximate surface area is 156 Å². The molecule has 1 aromatic heterocycles. The molecule has 1 N–H and O–H groups in total. The van der Waals surface area contributed by atoms with E-state index in [4.69, 9.17) is 9.47 Å². The number of nitrogens with zero attached hydrogens (tertiary/aromatic N) is 1. The fourth-order valence-electron chi connectivity index (χ4n) is 3.53. The first-order valence-corrected chi connectivity index (χ1v) is 9.20. The molecule has 26 heavy (non-hydrogen) atoms. The van der Waals surface area contributed by atoms with Gasteiger partial charge in [0.05, 0.1) is 18.9 Å². The number of carbonyl (C=O) groups excluding carboxylic acids is 2. The molecule has 0 atom stereocenters. The predicted octanol–water partition coefficient (Wildman–Crippen LogP) is 4.41. The van der Waals surface area contributed by atoms with E-state index < -0.39 is 11.7 Å². The zero-order chi connectivity index (χ0) is 19.1. The highest BCUT2D eigenvalue weighted by Crippen LogP contribution is 2.55. The van der Waals surface area contributed by atoms with Gasteiger partial charge < -0.3 is 9.47 Å². The van der Waals surface area contributed by atoms with E-state index >= 15 is 0 Å². The second-order valence-corrected chi connectivity index (χ2v) is 8.91. The Balaban J connectivity index is 0.00000261. The molecule has 3 rings (SSSR count). The minimum Gasteiger partial charge on any atom is -0.444 e. The van der Waals surface area contributed by atoms with E-state index in [0.717, 1.165) is 31.6 Å². The van der Waals surface area contributed by atoms with Crippen molar-refractivity contribution in [1.82, 2.24) is 4.98 Å². The summed E-state index contributed by atoms with van der Waals surface area (Å²) in [5.41, 5.74) is 1.50. The Kier molecular flexibility index (Phi) is 4.82. The minimum absolute atomic E-state index is 0. The summed E-state index contributed by atoms with van der Waals surface area (Å²) in [6.07, 6.45) is 3.33. The van der Waals surface area contributed by atoms with Crippen molar-refractivity contribution in [3.05, 3.63) is 23.5 Å². The fourth-order valence-corrected chi connectivity index (χ4v) is 3.53. The Morgan fingerprint density at radius 1 is 1.35 bits per heavy atom. The molecular formula is C20H30N2O4. The van der Waals surface area contributed by atoms with E-state index in [1.807, 2.05) is 19.9 Å². The minimum atomic E-state index is -0.609. The van der Waals surface area contributed by atoms with Crippen LogP contribution in [0.5, 0.6) is 0 Å². The zero-order valence-electron chi connectivity index (χ0n) is 16.2. The number of ketones is 1. The predicted molar refractivity (Wildman–Crippen MR) is 101 cm³/mol. The van der Waals surface area contributed by atoms with Crippen molar-refractivity contribution >= 4 is 17.6 Å². The van der Waals surface area contributed by atoms with Crippen LogP contribution in [-0.2, 0) is 9.47 Å². The quantitative estimate of drug-likeness (QED) is 0.803. The molecule has 0 unspecified atom stereocenters. The first kappa shape index (κ1) is 18.8. The molecular weight excluding hydrogens is 332 g/mol. The summed E-state index contributed by atoms with van der Waals surface area (Å²) in [5, 5.41) is 2.73. The van der Waals surface area contributed by atoms with Crippen molar-refractivity contribution in [2.75, 3.05) is 18.5 Å². The molecule has 2 heterocycles. The van der Waals surface area contributed by atoms with Crippen LogP contribution in [0.25, 0.3) is 0 Å². The molecule has 1 spiro atoms. The number of hydrogen-bond donors (Lipinski definition) is 1. The maximum Gasteiger partial charge on any atom is 0.412 e. The van der Waals surface area contributed by atoms with Crippen LogP contribution in [0.2, 0.25) is 0 Å². The molecule has 0 aromatic carbocycles. The Hall–Kier alpha value is -1.95. The van der Waals surface area contributed by atoms with Gasteiger partial charge in [-0.25, -0.2) is 4.79 Å². The molecule has 1 saturated carbocycles. The maximum atomic E-state index is 12.5. The highest BCUT2D eigenvalue weighted by molar-refractivity contribution is 6.03. The molecule has 144 valence electrons. The van der Waals surface area contributed by atoms with Crippen LogP contribution >= 0.6 is 0 Å². The second kappa shape index (κ2) is 6.65.